The van der Waals surface area contributed by atoms with Crippen molar-refractivity contribution < 1.29 is 34.4 Å². The number of phenols is 1. The molecular formula is C49H42N3OPt-. The van der Waals surface area contributed by atoms with Gasteiger partial charge in [-0.3, -0.25) is 9.55 Å². The average molecular weight is 890 g/mol. The number of fused-ring (bicyclic) bond motifs is 1. The number of para-hydroxylation sites is 2. The third kappa shape index (κ3) is 7.19. The minimum absolute atomic E-state index is 0. The quantitative estimate of drug-likeness (QED) is 0.162. The third-order valence-corrected chi connectivity index (χ3v) is 9.54. The zero-order valence-electron chi connectivity index (χ0n) is 36.7. The molecule has 6 aromatic carbocycles. The molecule has 270 valence electrons. The predicted octanol–water partition coefficient (Wildman–Crippen LogP) is 12.7. The Morgan fingerprint density at radius 3 is 2.19 bits per heavy atom. The van der Waals surface area contributed by atoms with E-state index in [0.717, 1.165) is 44.6 Å². The molecule has 5 heteroatoms. The van der Waals surface area contributed by atoms with Gasteiger partial charge in [0.1, 0.15) is 11.6 Å². The summed E-state index contributed by atoms with van der Waals surface area (Å²) in [6.45, 7) is 10.1. The van der Waals surface area contributed by atoms with E-state index in [1.54, 1.807) is 30.5 Å². The Balaban J connectivity index is 0.00000544. The maximum absolute atomic E-state index is 11.3. The van der Waals surface area contributed by atoms with Crippen molar-refractivity contribution >= 4 is 11.0 Å². The fourth-order valence-electron chi connectivity index (χ4n) is 6.66. The zero-order valence-corrected chi connectivity index (χ0v) is 32.9. The molecule has 0 amide bonds. The largest absolute Gasteiger partial charge is 0.507 e. The van der Waals surface area contributed by atoms with Gasteiger partial charge in [-0.25, -0.2) is 4.98 Å². The molecule has 0 fully saturated rings. The van der Waals surface area contributed by atoms with Gasteiger partial charge < -0.3 is 5.11 Å². The molecule has 0 saturated carbocycles. The zero-order chi connectivity index (χ0) is 42.0. The van der Waals surface area contributed by atoms with Gasteiger partial charge in [0.05, 0.1) is 23.5 Å². The molecule has 0 bridgehead atoms. The van der Waals surface area contributed by atoms with E-state index in [1.807, 2.05) is 74.5 Å². The van der Waals surface area contributed by atoms with Crippen LogP contribution in [0.25, 0.3) is 72.7 Å². The van der Waals surface area contributed by atoms with E-state index in [1.165, 1.54) is 0 Å². The minimum Gasteiger partial charge on any atom is -0.507 e. The van der Waals surface area contributed by atoms with Crippen molar-refractivity contribution in [3.05, 3.63) is 169 Å². The molecule has 8 rings (SSSR count). The van der Waals surface area contributed by atoms with Gasteiger partial charge in [-0.15, -0.1) is 29.3 Å². The molecule has 54 heavy (non-hydrogen) atoms. The van der Waals surface area contributed by atoms with Crippen LogP contribution in [0.5, 0.6) is 5.75 Å². The van der Waals surface area contributed by atoms with Gasteiger partial charge in [-0.2, -0.15) is 0 Å². The number of pyridine rings is 1. The maximum atomic E-state index is 11.3. The van der Waals surface area contributed by atoms with Crippen molar-refractivity contribution in [2.45, 2.75) is 45.9 Å². The van der Waals surface area contributed by atoms with Crippen LogP contribution in [0.2, 0.25) is 0 Å². The van der Waals surface area contributed by atoms with Crippen LogP contribution in [-0.4, -0.2) is 19.6 Å². The molecule has 0 aliphatic carbocycles. The minimum atomic E-state index is -0.914. The van der Waals surface area contributed by atoms with Gasteiger partial charge >= 0.3 is 0 Å². The van der Waals surface area contributed by atoms with Crippen LogP contribution in [0.4, 0.5) is 0 Å². The van der Waals surface area contributed by atoms with Crippen LogP contribution >= 0.6 is 0 Å². The van der Waals surface area contributed by atoms with Crippen LogP contribution in [-0.2, 0) is 26.5 Å². The van der Waals surface area contributed by atoms with E-state index >= 15 is 0 Å². The van der Waals surface area contributed by atoms with E-state index in [9.17, 15) is 5.11 Å². The number of imidazole rings is 1. The molecule has 0 unspecified atom stereocenters. The smallest absolute Gasteiger partial charge is 0.148 e. The Hall–Kier alpha value is -5.57. The first-order valence-electron chi connectivity index (χ1n) is 20.6. The summed E-state index contributed by atoms with van der Waals surface area (Å²) in [4.78, 5) is 10.0. The van der Waals surface area contributed by atoms with Crippen molar-refractivity contribution in [3.63, 3.8) is 0 Å². The molecule has 2 heterocycles. The number of hydrogen-bond donors (Lipinski definition) is 1. The van der Waals surface area contributed by atoms with Crippen molar-refractivity contribution in [1.82, 2.24) is 14.5 Å². The third-order valence-electron chi connectivity index (χ3n) is 9.54. The fraction of sp³-hybridized carbons (Fsp3) is 0.143. The monoisotopic (exact) mass is 889 g/mol. The van der Waals surface area contributed by atoms with Gasteiger partial charge in [-0.1, -0.05) is 143 Å². The van der Waals surface area contributed by atoms with Gasteiger partial charge in [0, 0.05) is 40.0 Å². The Bertz CT molecular complexity index is 2910. The van der Waals surface area contributed by atoms with Crippen LogP contribution in [0, 0.1) is 6.07 Å². The molecule has 2 aromatic heterocycles. The maximum Gasteiger partial charge on any atom is 0.148 e. The molecule has 0 saturated heterocycles. The topological polar surface area (TPSA) is 50.9 Å². The molecule has 0 aliphatic rings. The summed E-state index contributed by atoms with van der Waals surface area (Å²) >= 11 is 0. The summed E-state index contributed by atoms with van der Waals surface area (Å²) < 4.78 is 52.9. The van der Waals surface area contributed by atoms with Crippen molar-refractivity contribution in [1.29, 1.82) is 0 Å². The van der Waals surface area contributed by atoms with Crippen LogP contribution in [0.1, 0.15) is 59.9 Å². The molecule has 0 radical (unpaired) electrons. The summed E-state index contributed by atoms with van der Waals surface area (Å²) in [6.07, 6.45) is 1.58. The van der Waals surface area contributed by atoms with E-state index in [0.29, 0.717) is 33.7 Å². The number of aromatic hydroxyl groups is 1. The standard InChI is InChI=1S/C49H42N3O.Pt/c1-32(2)36-25-37(34-17-10-7-11-18-34)30-41(29-36)52-45-21-14-20-42(47(45)51-48(52)43-19-12-13-22-46(43)53)38-26-39(28-40(27-38)49(3,4)5)44-31-35(23-24-50-44)33-15-8-6-9-16-33;/h6-25,27-32,53H,1-5H3;/q-1;/i6D,8D,9D,15D,16D,32D;. The van der Waals surface area contributed by atoms with E-state index in [2.05, 4.69) is 61.7 Å². The second-order valence-corrected chi connectivity index (χ2v) is 14.5. The SMILES string of the molecule is [2H]c1c([2H])c([2H])c(-c2ccnc(-c3[c-]c(-c4cccc5c4nc(-c4ccccc4O)n5-c4cc(-c5ccccc5)cc(C([2H])(C)C)c4)cc(C(C)(C)C)c3)c2)c([2H])c1[2H].[Pt]. The van der Waals surface area contributed by atoms with Crippen LogP contribution < -0.4 is 0 Å². The number of rotatable bonds is 7. The summed E-state index contributed by atoms with van der Waals surface area (Å²) in [5.74, 6) is -0.299. The second kappa shape index (κ2) is 15.0. The average Bonchev–Trinajstić information content (AvgIpc) is 3.61. The summed E-state index contributed by atoms with van der Waals surface area (Å²) in [7, 11) is 0. The Morgan fingerprint density at radius 2 is 1.44 bits per heavy atom. The molecular weight excluding hydrogens is 842 g/mol. The number of benzene rings is 6. The van der Waals surface area contributed by atoms with E-state index in [-0.39, 0.29) is 49.9 Å². The summed E-state index contributed by atoms with van der Waals surface area (Å²) in [5.41, 5.74) is 9.60. The Morgan fingerprint density at radius 1 is 0.722 bits per heavy atom. The Kier molecular flexibility index (Phi) is 8.31. The summed E-state index contributed by atoms with van der Waals surface area (Å²) in [5, 5.41) is 11.3. The van der Waals surface area contributed by atoms with Crippen molar-refractivity contribution in [3.8, 4) is 67.5 Å². The molecule has 8 aromatic rings. The Labute approximate surface area is 340 Å². The first kappa shape index (κ1) is 29.8. The number of aromatic nitrogens is 3. The van der Waals surface area contributed by atoms with Gasteiger partial charge in [-0.05, 0) is 75.5 Å². The molecule has 1 N–H and O–H groups in total. The van der Waals surface area contributed by atoms with Gasteiger partial charge in [0.25, 0.3) is 0 Å². The van der Waals surface area contributed by atoms with Crippen LogP contribution in [0.3, 0.4) is 0 Å². The van der Waals surface area contributed by atoms with E-state index < -0.39 is 24.0 Å². The second-order valence-electron chi connectivity index (χ2n) is 14.5. The van der Waals surface area contributed by atoms with E-state index in [4.69, 9.17) is 18.2 Å². The molecule has 0 aliphatic heterocycles. The molecule has 0 atom stereocenters. The van der Waals surface area contributed by atoms with Crippen LogP contribution in [0.15, 0.2) is 152 Å². The fourth-order valence-corrected chi connectivity index (χ4v) is 6.66. The normalized spacial score (nSPS) is 13.3. The van der Waals surface area contributed by atoms with Gasteiger partial charge in [0.2, 0.25) is 0 Å². The first-order chi connectivity index (χ1) is 28.0. The molecule has 4 nitrogen and oxygen atoms in total. The molecule has 0 spiro atoms. The first-order valence-corrected chi connectivity index (χ1v) is 17.6. The van der Waals surface area contributed by atoms with Gasteiger partial charge in [0.15, 0.2) is 0 Å². The number of hydrogen-bond acceptors (Lipinski definition) is 3. The number of nitrogens with zero attached hydrogens (tertiary/aromatic N) is 3. The van der Waals surface area contributed by atoms with Crippen molar-refractivity contribution in [2.24, 2.45) is 0 Å². The number of phenolic OH excluding ortho intramolecular Hbond substituents is 1. The predicted molar refractivity (Wildman–Crippen MR) is 219 cm³/mol. The van der Waals surface area contributed by atoms with Crippen molar-refractivity contribution in [2.75, 3.05) is 0 Å². The summed E-state index contributed by atoms with van der Waals surface area (Å²) in [6, 6.07) is 38.8.